The highest BCUT2D eigenvalue weighted by atomic mass is 16.6. The van der Waals surface area contributed by atoms with Crippen molar-refractivity contribution in [2.45, 2.75) is 91.1 Å². The molecule has 0 saturated heterocycles. The van der Waals surface area contributed by atoms with Crippen LogP contribution in [0.1, 0.15) is 84.4 Å². The van der Waals surface area contributed by atoms with E-state index in [1.165, 1.54) is 51.4 Å². The molecule has 5 nitrogen and oxygen atoms in total. The second kappa shape index (κ2) is 7.90. The summed E-state index contributed by atoms with van der Waals surface area (Å²) in [5, 5.41) is 3.74. The van der Waals surface area contributed by atoms with Gasteiger partial charge in [-0.05, 0) is 103 Å². The maximum atomic E-state index is 11.1. The zero-order valence-electron chi connectivity index (χ0n) is 19.7. The molecule has 0 bridgehead atoms. The quantitative estimate of drug-likeness (QED) is 0.554. The Kier molecular flexibility index (Phi) is 5.47. The summed E-state index contributed by atoms with van der Waals surface area (Å²) in [7, 11) is 1.90. The molecule has 0 radical (unpaired) electrons. The largest absolute Gasteiger partial charge is 0.542 e. The highest BCUT2D eigenvalue weighted by Crippen LogP contribution is 2.67. The first-order valence-corrected chi connectivity index (χ1v) is 12.5. The fourth-order valence-electron chi connectivity index (χ4n) is 8.61. The third kappa shape index (κ3) is 3.46. The van der Waals surface area contributed by atoms with Crippen molar-refractivity contribution >= 4 is 0 Å². The monoisotopic (exact) mass is 429 g/mol. The molecule has 1 aromatic rings. The van der Waals surface area contributed by atoms with Gasteiger partial charge in [-0.25, -0.2) is 4.79 Å². The Labute approximate surface area is 186 Å². The molecule has 1 aromatic heterocycles. The predicted octanol–water partition coefficient (Wildman–Crippen LogP) is 5.79. The van der Waals surface area contributed by atoms with Crippen LogP contribution in [0.3, 0.4) is 0 Å². The maximum absolute atomic E-state index is 11.1. The zero-order valence-corrected chi connectivity index (χ0v) is 19.7. The molecule has 3 saturated carbocycles. The van der Waals surface area contributed by atoms with Gasteiger partial charge in [0.2, 0.25) is 5.89 Å². The minimum atomic E-state index is -0.697. The van der Waals surface area contributed by atoms with Gasteiger partial charge in [0.25, 0.3) is 0 Å². The van der Waals surface area contributed by atoms with E-state index in [1.807, 2.05) is 7.11 Å². The Hall–Kier alpha value is -1.36. The van der Waals surface area contributed by atoms with Gasteiger partial charge in [0, 0.05) is 13.5 Å². The smallest absolute Gasteiger partial charge is 0.381 e. The van der Waals surface area contributed by atoms with Gasteiger partial charge in [-0.1, -0.05) is 32.4 Å². The lowest BCUT2D eigenvalue weighted by Crippen LogP contribution is -2.54. The lowest BCUT2D eigenvalue weighted by Gasteiger charge is -2.61. The van der Waals surface area contributed by atoms with Crippen molar-refractivity contribution in [2.24, 2.45) is 40.4 Å². The van der Waals surface area contributed by atoms with Gasteiger partial charge in [-0.15, -0.1) is 0 Å². The number of nitrogens with zero attached hydrogens (tertiary/aromatic N) is 1. The van der Waals surface area contributed by atoms with Gasteiger partial charge >= 0.3 is 5.82 Å². The van der Waals surface area contributed by atoms with Gasteiger partial charge in [-0.2, -0.15) is 0 Å². The summed E-state index contributed by atoms with van der Waals surface area (Å²) in [6.45, 7) is 7.52. The van der Waals surface area contributed by atoms with Crippen molar-refractivity contribution in [2.75, 3.05) is 7.11 Å². The van der Waals surface area contributed by atoms with Crippen LogP contribution in [-0.2, 0) is 11.2 Å². The van der Waals surface area contributed by atoms with E-state index >= 15 is 0 Å². The van der Waals surface area contributed by atoms with Crippen LogP contribution in [0.15, 0.2) is 25.4 Å². The molecule has 5 rings (SSSR count). The molecule has 172 valence electrons. The van der Waals surface area contributed by atoms with Crippen molar-refractivity contribution < 1.29 is 13.7 Å². The fraction of sp³-hybridized carbons (Fsp3) is 0.846. The molecule has 0 spiro atoms. The second-order valence-electron chi connectivity index (χ2n) is 11.5. The van der Waals surface area contributed by atoms with Gasteiger partial charge in [0.1, 0.15) is 0 Å². The average Bonchev–Trinajstić information content (AvgIpc) is 3.33. The number of aryl methyl sites for hydroxylation is 1. The molecule has 0 N–H and O–H groups in total. The number of ether oxygens (including phenoxy) is 1. The van der Waals surface area contributed by atoms with Crippen LogP contribution in [0, 0.1) is 40.4 Å². The Morgan fingerprint density at radius 3 is 2.77 bits per heavy atom. The van der Waals surface area contributed by atoms with Crippen LogP contribution in [0.4, 0.5) is 0 Å². The first kappa shape index (κ1) is 21.5. The van der Waals surface area contributed by atoms with E-state index in [0.29, 0.717) is 35.2 Å². The van der Waals surface area contributed by atoms with E-state index in [9.17, 15) is 4.79 Å². The summed E-state index contributed by atoms with van der Waals surface area (Å²) in [5.74, 6) is 3.62. The highest BCUT2D eigenvalue weighted by Gasteiger charge is 2.58. The SMILES string of the molecule is CO[C@@H]1CC[C@@]2(C)C(CC[C@@H]3[C@@H]2CC[C@]2(C)C([C@H](C)CCc4noc(=O)o4)=CC[C@@H]32)C1. The molecule has 0 amide bonds. The maximum Gasteiger partial charge on any atom is 0.542 e. The first-order valence-electron chi connectivity index (χ1n) is 12.5. The molecule has 4 aliphatic carbocycles. The van der Waals surface area contributed by atoms with E-state index in [0.717, 1.165) is 30.1 Å². The van der Waals surface area contributed by atoms with E-state index in [1.54, 1.807) is 5.57 Å². The third-order valence-corrected chi connectivity index (χ3v) is 10.3. The summed E-state index contributed by atoms with van der Waals surface area (Å²) in [4.78, 5) is 11.1. The van der Waals surface area contributed by atoms with Crippen LogP contribution >= 0.6 is 0 Å². The first-order chi connectivity index (χ1) is 14.8. The number of rotatable bonds is 5. The zero-order chi connectivity index (χ0) is 21.8. The van der Waals surface area contributed by atoms with Crippen LogP contribution in [0.2, 0.25) is 0 Å². The standard InChI is InChI=1S/C26H39NO4/c1-16(5-10-23-27-31-24(28)30-23)20-8-9-21-19-7-6-17-15-18(29-4)11-13-25(17,2)22(19)12-14-26(20,21)3/h8,16-19,21-22H,5-7,9-15H2,1-4H3/t16-,17?,18-,19+,21+,22+,25+,26-/m1/s1. The Morgan fingerprint density at radius 1 is 1.19 bits per heavy atom. The number of allylic oxidation sites excluding steroid dienone is 2. The minimum Gasteiger partial charge on any atom is -0.381 e. The van der Waals surface area contributed by atoms with Crippen molar-refractivity contribution in [1.29, 1.82) is 0 Å². The second-order valence-corrected chi connectivity index (χ2v) is 11.5. The van der Waals surface area contributed by atoms with E-state index in [-0.39, 0.29) is 0 Å². The summed E-state index contributed by atoms with van der Waals surface area (Å²) in [6.07, 6.45) is 15.3. The summed E-state index contributed by atoms with van der Waals surface area (Å²) in [5.41, 5.74) is 2.49. The molecule has 3 fully saturated rings. The molecule has 0 aliphatic heterocycles. The lowest BCUT2D eigenvalue weighted by molar-refractivity contribution is -0.123. The summed E-state index contributed by atoms with van der Waals surface area (Å²) < 4.78 is 15.3. The lowest BCUT2D eigenvalue weighted by atomic mass is 9.44. The van der Waals surface area contributed by atoms with Gasteiger partial charge in [-0.3, -0.25) is 4.52 Å². The predicted molar refractivity (Wildman–Crippen MR) is 119 cm³/mol. The van der Waals surface area contributed by atoms with Crippen molar-refractivity contribution in [3.05, 3.63) is 28.2 Å². The molecule has 1 unspecified atom stereocenters. The van der Waals surface area contributed by atoms with E-state index < -0.39 is 5.82 Å². The molecule has 5 heteroatoms. The average molecular weight is 430 g/mol. The van der Waals surface area contributed by atoms with Gasteiger partial charge < -0.3 is 9.15 Å². The molecule has 4 aliphatic rings. The number of hydrogen-bond donors (Lipinski definition) is 0. The van der Waals surface area contributed by atoms with Crippen molar-refractivity contribution in [3.63, 3.8) is 0 Å². The molecule has 1 heterocycles. The molecule has 31 heavy (non-hydrogen) atoms. The third-order valence-electron chi connectivity index (χ3n) is 10.3. The van der Waals surface area contributed by atoms with Crippen LogP contribution in [-0.4, -0.2) is 18.4 Å². The highest BCUT2D eigenvalue weighted by molar-refractivity contribution is 5.27. The molecule has 8 atom stereocenters. The van der Waals surface area contributed by atoms with Crippen molar-refractivity contribution in [3.8, 4) is 0 Å². The molecular formula is C26H39NO4. The Morgan fingerprint density at radius 2 is 2.03 bits per heavy atom. The Bertz CT molecular complexity index is 886. The van der Waals surface area contributed by atoms with Crippen LogP contribution in [0.5, 0.6) is 0 Å². The van der Waals surface area contributed by atoms with Crippen LogP contribution < -0.4 is 5.82 Å². The number of hydrogen-bond acceptors (Lipinski definition) is 5. The number of aromatic nitrogens is 1. The topological polar surface area (TPSA) is 65.5 Å². The van der Waals surface area contributed by atoms with Gasteiger partial charge in [0.15, 0.2) is 0 Å². The fourth-order valence-corrected chi connectivity index (χ4v) is 8.61. The van der Waals surface area contributed by atoms with Crippen molar-refractivity contribution in [1.82, 2.24) is 5.16 Å². The summed E-state index contributed by atoms with van der Waals surface area (Å²) >= 11 is 0. The van der Waals surface area contributed by atoms with E-state index in [4.69, 9.17) is 9.15 Å². The van der Waals surface area contributed by atoms with E-state index in [2.05, 4.69) is 36.5 Å². The van der Waals surface area contributed by atoms with Gasteiger partial charge in [0.05, 0.1) is 6.10 Å². The number of fused-ring (bicyclic) bond motifs is 5. The Balaban J connectivity index is 1.29. The minimum absolute atomic E-state index is 0.332. The molecule has 0 aromatic carbocycles. The number of methoxy groups -OCH3 is 1. The van der Waals surface area contributed by atoms with Crippen LogP contribution in [0.25, 0.3) is 0 Å². The summed E-state index contributed by atoms with van der Waals surface area (Å²) in [6, 6.07) is 0. The normalized spacial score (nSPS) is 43.0. The molecular weight excluding hydrogens is 390 g/mol.